The Morgan fingerprint density at radius 1 is 1.20 bits per heavy atom. The highest BCUT2D eigenvalue weighted by molar-refractivity contribution is 5.97. The fraction of sp³-hybridized carbons (Fsp3) is 0.200. The third-order valence-corrected chi connectivity index (χ3v) is 2.81. The lowest BCUT2D eigenvalue weighted by molar-refractivity contribution is 0.0947. The van der Waals surface area contributed by atoms with E-state index in [1.165, 1.54) is 7.11 Å². The predicted octanol–water partition coefficient (Wildman–Crippen LogP) is 2.03. The summed E-state index contributed by atoms with van der Waals surface area (Å²) in [5.74, 6) is 0.904. The molecule has 0 saturated heterocycles. The molecule has 1 aromatic carbocycles. The zero-order valence-corrected chi connectivity index (χ0v) is 11.4. The van der Waals surface area contributed by atoms with Gasteiger partial charge in [0.15, 0.2) is 0 Å². The lowest BCUT2D eigenvalue weighted by Gasteiger charge is -2.10. The zero-order valence-electron chi connectivity index (χ0n) is 11.4. The van der Waals surface area contributed by atoms with E-state index >= 15 is 0 Å². The van der Waals surface area contributed by atoms with Gasteiger partial charge in [0.05, 0.1) is 32.0 Å². The largest absolute Gasteiger partial charge is 0.497 e. The molecular formula is C15H16N2O3. The number of nitrogens with zero attached hydrogens (tertiary/aromatic N) is 1. The zero-order chi connectivity index (χ0) is 14.4. The van der Waals surface area contributed by atoms with Crippen LogP contribution < -0.4 is 14.8 Å². The highest BCUT2D eigenvalue weighted by atomic mass is 16.5. The Labute approximate surface area is 117 Å². The molecule has 0 bridgehead atoms. The first-order chi connectivity index (χ1) is 9.74. The number of nitrogens with one attached hydrogen (secondary N) is 1. The van der Waals surface area contributed by atoms with E-state index in [-0.39, 0.29) is 5.91 Å². The third-order valence-electron chi connectivity index (χ3n) is 2.81. The normalized spacial score (nSPS) is 9.90. The molecule has 2 aromatic rings. The highest BCUT2D eigenvalue weighted by Gasteiger charge is 2.13. The third kappa shape index (κ3) is 3.26. The summed E-state index contributed by atoms with van der Waals surface area (Å²) in [6.07, 6.45) is 1.69. The monoisotopic (exact) mass is 272 g/mol. The molecular weight excluding hydrogens is 256 g/mol. The van der Waals surface area contributed by atoms with Crippen LogP contribution in [0, 0.1) is 0 Å². The van der Waals surface area contributed by atoms with Gasteiger partial charge >= 0.3 is 0 Å². The van der Waals surface area contributed by atoms with Gasteiger partial charge in [-0.25, -0.2) is 0 Å². The Bertz CT molecular complexity index is 585. The standard InChI is InChI=1S/C15H16N2O3/c1-19-12-6-7-13(14(9-12)20-2)15(18)17-10-11-5-3-4-8-16-11/h3-9H,10H2,1-2H3,(H,17,18). The summed E-state index contributed by atoms with van der Waals surface area (Å²) >= 11 is 0. The average molecular weight is 272 g/mol. The van der Waals surface area contributed by atoms with E-state index in [1.807, 2.05) is 18.2 Å². The molecule has 1 heterocycles. The quantitative estimate of drug-likeness (QED) is 0.904. The van der Waals surface area contributed by atoms with Crippen molar-refractivity contribution in [2.24, 2.45) is 0 Å². The molecule has 0 unspecified atom stereocenters. The van der Waals surface area contributed by atoms with Crippen LogP contribution in [-0.4, -0.2) is 25.1 Å². The van der Waals surface area contributed by atoms with E-state index in [1.54, 1.807) is 31.5 Å². The van der Waals surface area contributed by atoms with Crippen LogP contribution in [0.25, 0.3) is 0 Å². The second-order valence-electron chi connectivity index (χ2n) is 4.07. The van der Waals surface area contributed by atoms with Crippen LogP contribution in [0.2, 0.25) is 0 Å². The first-order valence-corrected chi connectivity index (χ1v) is 6.14. The van der Waals surface area contributed by atoms with Crippen molar-refractivity contribution in [2.45, 2.75) is 6.54 Å². The number of hydrogen-bond donors (Lipinski definition) is 1. The number of pyridine rings is 1. The van der Waals surface area contributed by atoms with Gasteiger partial charge in [-0.2, -0.15) is 0 Å². The van der Waals surface area contributed by atoms with Gasteiger partial charge in [-0.1, -0.05) is 6.07 Å². The van der Waals surface area contributed by atoms with Crippen LogP contribution in [0.5, 0.6) is 11.5 Å². The Balaban J connectivity index is 2.09. The van der Waals surface area contributed by atoms with Gasteiger partial charge < -0.3 is 14.8 Å². The van der Waals surface area contributed by atoms with Gasteiger partial charge in [0.2, 0.25) is 0 Å². The molecule has 5 nitrogen and oxygen atoms in total. The van der Waals surface area contributed by atoms with Crippen molar-refractivity contribution in [3.05, 3.63) is 53.9 Å². The Hall–Kier alpha value is -2.56. The second-order valence-corrected chi connectivity index (χ2v) is 4.07. The van der Waals surface area contributed by atoms with E-state index in [0.29, 0.717) is 23.6 Å². The molecule has 0 saturated carbocycles. The van der Waals surface area contributed by atoms with Crippen molar-refractivity contribution >= 4 is 5.91 Å². The summed E-state index contributed by atoms with van der Waals surface area (Å²) in [6, 6.07) is 10.6. The van der Waals surface area contributed by atoms with Gasteiger partial charge in [-0.3, -0.25) is 9.78 Å². The summed E-state index contributed by atoms with van der Waals surface area (Å²) < 4.78 is 10.3. The number of rotatable bonds is 5. The molecule has 0 spiro atoms. The Morgan fingerprint density at radius 2 is 2.05 bits per heavy atom. The molecule has 0 aliphatic rings. The number of amides is 1. The molecule has 0 aliphatic carbocycles. The lowest BCUT2D eigenvalue weighted by atomic mass is 10.1. The number of methoxy groups -OCH3 is 2. The SMILES string of the molecule is COc1ccc(C(=O)NCc2ccccn2)c(OC)c1. The Morgan fingerprint density at radius 3 is 2.70 bits per heavy atom. The van der Waals surface area contributed by atoms with Crippen molar-refractivity contribution in [3.63, 3.8) is 0 Å². The maximum atomic E-state index is 12.1. The van der Waals surface area contributed by atoms with E-state index in [0.717, 1.165) is 5.69 Å². The molecule has 0 aliphatic heterocycles. The van der Waals surface area contributed by atoms with Crippen LogP contribution in [0.3, 0.4) is 0 Å². The maximum Gasteiger partial charge on any atom is 0.255 e. The number of carbonyl (C=O) groups excluding carboxylic acids is 1. The van der Waals surface area contributed by atoms with E-state index in [2.05, 4.69) is 10.3 Å². The molecule has 5 heteroatoms. The van der Waals surface area contributed by atoms with Crippen molar-refractivity contribution in [1.82, 2.24) is 10.3 Å². The second kappa shape index (κ2) is 6.56. The van der Waals surface area contributed by atoms with Gasteiger partial charge in [0.25, 0.3) is 5.91 Å². The molecule has 1 N–H and O–H groups in total. The highest BCUT2D eigenvalue weighted by Crippen LogP contribution is 2.24. The van der Waals surface area contributed by atoms with Crippen molar-refractivity contribution < 1.29 is 14.3 Å². The summed E-state index contributed by atoms with van der Waals surface area (Å²) in [5, 5.41) is 2.81. The Kier molecular flexibility index (Phi) is 4.55. The minimum absolute atomic E-state index is 0.213. The van der Waals surface area contributed by atoms with Crippen LogP contribution in [0.4, 0.5) is 0 Å². The molecule has 2 rings (SSSR count). The number of benzene rings is 1. The van der Waals surface area contributed by atoms with Crippen LogP contribution in [-0.2, 0) is 6.54 Å². The van der Waals surface area contributed by atoms with Crippen molar-refractivity contribution in [1.29, 1.82) is 0 Å². The maximum absolute atomic E-state index is 12.1. The first kappa shape index (κ1) is 13.9. The van der Waals surface area contributed by atoms with Gasteiger partial charge in [0.1, 0.15) is 11.5 Å². The minimum atomic E-state index is -0.213. The molecule has 1 aromatic heterocycles. The van der Waals surface area contributed by atoms with E-state index in [9.17, 15) is 4.79 Å². The van der Waals surface area contributed by atoms with Gasteiger partial charge in [-0.15, -0.1) is 0 Å². The van der Waals surface area contributed by atoms with Crippen LogP contribution >= 0.6 is 0 Å². The molecule has 20 heavy (non-hydrogen) atoms. The van der Waals surface area contributed by atoms with Crippen molar-refractivity contribution in [3.8, 4) is 11.5 Å². The summed E-state index contributed by atoms with van der Waals surface area (Å²) in [4.78, 5) is 16.3. The lowest BCUT2D eigenvalue weighted by Crippen LogP contribution is -2.23. The average Bonchev–Trinajstić information content (AvgIpc) is 2.52. The first-order valence-electron chi connectivity index (χ1n) is 6.14. The van der Waals surface area contributed by atoms with E-state index in [4.69, 9.17) is 9.47 Å². The fourth-order valence-corrected chi connectivity index (χ4v) is 1.75. The smallest absolute Gasteiger partial charge is 0.255 e. The molecule has 0 atom stereocenters. The van der Waals surface area contributed by atoms with Crippen molar-refractivity contribution in [2.75, 3.05) is 14.2 Å². The molecule has 0 fully saturated rings. The summed E-state index contributed by atoms with van der Waals surface area (Å²) in [7, 11) is 3.08. The van der Waals surface area contributed by atoms with E-state index < -0.39 is 0 Å². The summed E-state index contributed by atoms with van der Waals surface area (Å²) in [6.45, 7) is 0.370. The fourth-order valence-electron chi connectivity index (χ4n) is 1.75. The topological polar surface area (TPSA) is 60.5 Å². The molecule has 1 amide bonds. The number of hydrogen-bond acceptors (Lipinski definition) is 4. The van der Waals surface area contributed by atoms with Gasteiger partial charge in [-0.05, 0) is 24.3 Å². The summed E-state index contributed by atoms with van der Waals surface area (Å²) in [5.41, 5.74) is 1.26. The number of aromatic nitrogens is 1. The van der Waals surface area contributed by atoms with Gasteiger partial charge in [0, 0.05) is 12.3 Å². The molecule has 0 radical (unpaired) electrons. The predicted molar refractivity (Wildman–Crippen MR) is 75.0 cm³/mol. The van der Waals surface area contributed by atoms with Crippen LogP contribution in [0.1, 0.15) is 16.1 Å². The number of carbonyl (C=O) groups is 1. The number of ether oxygens (including phenoxy) is 2. The van der Waals surface area contributed by atoms with Crippen LogP contribution in [0.15, 0.2) is 42.6 Å². The molecule has 104 valence electrons. The minimum Gasteiger partial charge on any atom is -0.497 e.